The molecule has 0 radical (unpaired) electrons. The van der Waals surface area contributed by atoms with Crippen LogP contribution < -0.4 is 10.6 Å². The smallest absolute Gasteiger partial charge is 0.272 e. The minimum absolute atomic E-state index is 0.147. The second-order valence-corrected chi connectivity index (χ2v) is 6.87. The molecule has 1 aromatic heterocycles. The lowest BCUT2D eigenvalue weighted by molar-refractivity contribution is -0.113. The van der Waals surface area contributed by atoms with Gasteiger partial charge in [0.15, 0.2) is 0 Å². The van der Waals surface area contributed by atoms with Crippen molar-refractivity contribution >= 4 is 46.2 Å². The number of pyridine rings is 1. The fraction of sp³-hybridized carbons (Fsp3) is 0. The summed E-state index contributed by atoms with van der Waals surface area (Å²) in [7, 11) is 0. The highest BCUT2D eigenvalue weighted by atomic mass is 127. The molecule has 2 amide bonds. The maximum Gasteiger partial charge on any atom is 0.272 e. The van der Waals surface area contributed by atoms with Crippen LogP contribution in [0.15, 0.2) is 84.8 Å². The molecule has 5 nitrogen and oxygen atoms in total. The van der Waals surface area contributed by atoms with E-state index < -0.39 is 5.91 Å². The first-order valence-electron chi connectivity index (χ1n) is 8.17. The number of nitrogens with one attached hydrogen (secondary N) is 2. The van der Waals surface area contributed by atoms with Gasteiger partial charge in [0, 0.05) is 27.2 Å². The molecule has 2 N–H and O–H groups in total. The van der Waals surface area contributed by atoms with Crippen molar-refractivity contribution in [2.24, 2.45) is 0 Å². The highest BCUT2D eigenvalue weighted by molar-refractivity contribution is 14.1. The number of carbonyl (C=O) groups excluding carboxylic acids is 2. The Morgan fingerprint density at radius 1 is 0.889 bits per heavy atom. The molecule has 134 valence electrons. The van der Waals surface area contributed by atoms with Crippen molar-refractivity contribution in [3.63, 3.8) is 0 Å². The predicted molar refractivity (Wildman–Crippen MR) is 114 cm³/mol. The molecule has 3 rings (SSSR count). The molecule has 0 saturated heterocycles. The summed E-state index contributed by atoms with van der Waals surface area (Å²) >= 11 is 2.19. The monoisotopic (exact) mass is 469 g/mol. The van der Waals surface area contributed by atoms with Crippen LogP contribution in [0.2, 0.25) is 0 Å². The first-order valence-corrected chi connectivity index (χ1v) is 9.25. The van der Waals surface area contributed by atoms with Crippen molar-refractivity contribution in [3.05, 3.63) is 99.5 Å². The second kappa shape index (κ2) is 9.09. The van der Waals surface area contributed by atoms with E-state index >= 15 is 0 Å². The standard InChI is InChI=1S/C21H16IN3O2/c22-17-6-8-18(9-7-17)24-21(27)19(14-15-10-12-23-13-11-15)25-20(26)16-4-2-1-3-5-16/h1-14H,(H,24,27)(H,25,26)/b19-14+. The minimum atomic E-state index is -0.405. The van der Waals surface area contributed by atoms with Gasteiger partial charge in [-0.15, -0.1) is 0 Å². The first kappa shape index (κ1) is 18.8. The summed E-state index contributed by atoms with van der Waals surface area (Å²) in [6.07, 6.45) is 4.86. The van der Waals surface area contributed by atoms with E-state index in [0.717, 1.165) is 9.13 Å². The van der Waals surface area contributed by atoms with E-state index in [4.69, 9.17) is 0 Å². The van der Waals surface area contributed by atoms with Gasteiger partial charge in [-0.1, -0.05) is 18.2 Å². The maximum absolute atomic E-state index is 12.8. The Labute approximate surface area is 170 Å². The van der Waals surface area contributed by atoms with Gasteiger partial charge in [-0.3, -0.25) is 14.6 Å². The Balaban J connectivity index is 1.85. The van der Waals surface area contributed by atoms with Crippen molar-refractivity contribution in [3.8, 4) is 0 Å². The molecule has 0 aliphatic heterocycles. The van der Waals surface area contributed by atoms with E-state index in [2.05, 4.69) is 38.2 Å². The summed E-state index contributed by atoms with van der Waals surface area (Å²) in [5.41, 5.74) is 2.02. The number of benzene rings is 2. The molecule has 1 heterocycles. The number of anilines is 1. The van der Waals surface area contributed by atoms with Gasteiger partial charge in [0.05, 0.1) is 0 Å². The Morgan fingerprint density at radius 3 is 2.22 bits per heavy atom. The van der Waals surface area contributed by atoms with Gasteiger partial charge in [-0.05, 0) is 82.8 Å². The number of halogens is 1. The van der Waals surface area contributed by atoms with Gasteiger partial charge < -0.3 is 10.6 Å². The van der Waals surface area contributed by atoms with E-state index in [1.165, 1.54) is 0 Å². The quantitative estimate of drug-likeness (QED) is 0.437. The molecule has 0 bridgehead atoms. The predicted octanol–water partition coefficient (Wildman–Crippen LogP) is 4.10. The summed E-state index contributed by atoms with van der Waals surface area (Å²) in [6.45, 7) is 0. The van der Waals surface area contributed by atoms with Crippen molar-refractivity contribution in [1.29, 1.82) is 0 Å². The number of nitrogens with zero attached hydrogens (tertiary/aromatic N) is 1. The van der Waals surface area contributed by atoms with Gasteiger partial charge in [0.2, 0.25) is 0 Å². The number of aromatic nitrogens is 1. The van der Waals surface area contributed by atoms with Crippen LogP contribution in [0.3, 0.4) is 0 Å². The van der Waals surface area contributed by atoms with Gasteiger partial charge in [-0.25, -0.2) is 0 Å². The van der Waals surface area contributed by atoms with Gasteiger partial charge in [0.25, 0.3) is 11.8 Å². The van der Waals surface area contributed by atoms with Crippen LogP contribution >= 0.6 is 22.6 Å². The topological polar surface area (TPSA) is 71.1 Å². The summed E-state index contributed by atoms with van der Waals surface area (Å²) in [5.74, 6) is -0.758. The fourth-order valence-corrected chi connectivity index (χ4v) is 2.66. The number of carbonyl (C=O) groups is 2. The molecule has 3 aromatic rings. The Kier molecular flexibility index (Phi) is 6.32. The van der Waals surface area contributed by atoms with Crippen molar-refractivity contribution in [2.75, 3.05) is 5.32 Å². The third-order valence-electron chi connectivity index (χ3n) is 3.65. The SMILES string of the molecule is O=C(Nc1ccc(I)cc1)/C(=C\c1ccncc1)NC(=O)c1ccccc1. The van der Waals surface area contributed by atoms with Crippen LogP contribution in [0.1, 0.15) is 15.9 Å². The van der Waals surface area contributed by atoms with Gasteiger partial charge >= 0.3 is 0 Å². The molecule has 27 heavy (non-hydrogen) atoms. The van der Waals surface area contributed by atoms with E-state index in [9.17, 15) is 9.59 Å². The number of rotatable bonds is 5. The zero-order valence-corrected chi connectivity index (χ0v) is 16.4. The van der Waals surface area contributed by atoms with Crippen LogP contribution in [-0.2, 0) is 4.79 Å². The average Bonchev–Trinajstić information content (AvgIpc) is 2.70. The van der Waals surface area contributed by atoms with Crippen LogP contribution in [0.5, 0.6) is 0 Å². The van der Waals surface area contributed by atoms with Crippen LogP contribution in [-0.4, -0.2) is 16.8 Å². The Bertz CT molecular complexity index is 956. The average molecular weight is 469 g/mol. The van der Waals surface area contributed by atoms with Crippen LogP contribution in [0, 0.1) is 3.57 Å². The van der Waals surface area contributed by atoms with Crippen molar-refractivity contribution < 1.29 is 9.59 Å². The van der Waals surface area contributed by atoms with Crippen molar-refractivity contribution in [1.82, 2.24) is 10.3 Å². The lowest BCUT2D eigenvalue weighted by Crippen LogP contribution is -2.30. The Morgan fingerprint density at radius 2 is 1.56 bits per heavy atom. The van der Waals surface area contributed by atoms with Gasteiger partial charge in [-0.2, -0.15) is 0 Å². The third-order valence-corrected chi connectivity index (χ3v) is 4.37. The molecule has 0 saturated carbocycles. The molecule has 0 fully saturated rings. The molecule has 6 heteroatoms. The van der Waals surface area contributed by atoms with Crippen molar-refractivity contribution in [2.45, 2.75) is 0 Å². The summed E-state index contributed by atoms with van der Waals surface area (Å²) in [6, 6.07) is 19.7. The van der Waals surface area contributed by atoms with E-state index in [0.29, 0.717) is 11.3 Å². The summed E-state index contributed by atoms with van der Waals surface area (Å²) in [5, 5.41) is 5.51. The molecule has 0 atom stereocenters. The van der Waals surface area contributed by atoms with Gasteiger partial charge in [0.1, 0.15) is 5.70 Å². The lowest BCUT2D eigenvalue weighted by Gasteiger charge is -2.11. The highest BCUT2D eigenvalue weighted by Gasteiger charge is 2.15. The Hall–Kier alpha value is -3.00. The molecule has 2 aromatic carbocycles. The molecule has 0 aliphatic carbocycles. The third kappa shape index (κ3) is 5.49. The summed E-state index contributed by atoms with van der Waals surface area (Å²) < 4.78 is 1.07. The highest BCUT2D eigenvalue weighted by Crippen LogP contribution is 2.13. The number of amides is 2. The minimum Gasteiger partial charge on any atom is -0.321 e. The van der Waals surface area contributed by atoms with E-state index in [1.807, 2.05) is 30.3 Å². The zero-order valence-electron chi connectivity index (χ0n) is 14.2. The largest absolute Gasteiger partial charge is 0.321 e. The molecular weight excluding hydrogens is 453 g/mol. The maximum atomic E-state index is 12.8. The van der Waals surface area contributed by atoms with E-state index in [-0.39, 0.29) is 11.6 Å². The molecule has 0 unspecified atom stereocenters. The molecule has 0 spiro atoms. The van der Waals surface area contributed by atoms with E-state index in [1.54, 1.807) is 54.9 Å². The number of hydrogen-bond acceptors (Lipinski definition) is 3. The number of hydrogen-bond donors (Lipinski definition) is 2. The normalized spacial score (nSPS) is 10.9. The van der Waals surface area contributed by atoms with Crippen LogP contribution in [0.25, 0.3) is 6.08 Å². The second-order valence-electron chi connectivity index (χ2n) is 5.62. The van der Waals surface area contributed by atoms with Crippen LogP contribution in [0.4, 0.5) is 5.69 Å². The molecular formula is C21H16IN3O2. The zero-order chi connectivity index (χ0) is 19.1. The fourth-order valence-electron chi connectivity index (χ4n) is 2.30. The lowest BCUT2D eigenvalue weighted by atomic mass is 10.2. The first-order chi connectivity index (χ1) is 13.1. The summed E-state index contributed by atoms with van der Waals surface area (Å²) in [4.78, 5) is 29.2. The molecule has 0 aliphatic rings.